The number of likely N-dealkylation sites (N-methyl/N-ethyl adjacent to an activating group) is 1. The highest BCUT2D eigenvalue weighted by Crippen LogP contribution is 2.15. The fourth-order valence-corrected chi connectivity index (χ4v) is 3.61. The zero-order valence-electron chi connectivity index (χ0n) is 13.4. The highest BCUT2D eigenvalue weighted by Gasteiger charge is 2.31. The van der Waals surface area contributed by atoms with Crippen molar-refractivity contribution in [3.8, 4) is 0 Å². The van der Waals surface area contributed by atoms with E-state index in [0.717, 1.165) is 45.7 Å². The van der Waals surface area contributed by atoms with Gasteiger partial charge in [0.15, 0.2) is 0 Å². The molecule has 1 N–H and O–H groups in total. The van der Waals surface area contributed by atoms with E-state index in [-0.39, 0.29) is 5.91 Å². The summed E-state index contributed by atoms with van der Waals surface area (Å²) in [5.74, 6) is 0.224. The Labute approximate surface area is 132 Å². The largest absolute Gasteiger partial charge is 0.340 e. The van der Waals surface area contributed by atoms with Crippen molar-refractivity contribution in [1.82, 2.24) is 15.1 Å². The summed E-state index contributed by atoms with van der Waals surface area (Å²) in [4.78, 5) is 18.5. The molecule has 21 heavy (non-hydrogen) atoms. The first-order valence-corrected chi connectivity index (χ1v) is 8.70. The molecule has 0 radical (unpaired) electrons. The third-order valence-corrected chi connectivity index (χ3v) is 4.85. The molecule has 118 valence electrons. The van der Waals surface area contributed by atoms with Crippen LogP contribution < -0.4 is 5.32 Å². The Kier molecular flexibility index (Phi) is 5.79. The third kappa shape index (κ3) is 4.53. The molecule has 1 aromatic heterocycles. The van der Waals surface area contributed by atoms with Gasteiger partial charge in [0.25, 0.3) is 0 Å². The quantitative estimate of drug-likeness (QED) is 0.905. The second-order valence-electron chi connectivity index (χ2n) is 6.16. The average Bonchev–Trinajstić information content (AvgIpc) is 2.83. The van der Waals surface area contributed by atoms with Gasteiger partial charge in [0.1, 0.15) is 0 Å². The van der Waals surface area contributed by atoms with Gasteiger partial charge >= 0.3 is 0 Å². The minimum absolute atomic E-state index is 0.224. The summed E-state index contributed by atoms with van der Waals surface area (Å²) in [6.07, 6.45) is 1.05. The zero-order valence-corrected chi connectivity index (χ0v) is 14.2. The van der Waals surface area contributed by atoms with Gasteiger partial charge in [-0.3, -0.25) is 9.69 Å². The second-order valence-corrected chi connectivity index (χ2v) is 7.19. The van der Waals surface area contributed by atoms with Crippen LogP contribution in [0, 0.1) is 0 Å². The molecule has 0 spiro atoms. The maximum atomic E-state index is 12.6. The van der Waals surface area contributed by atoms with Crippen LogP contribution in [0.1, 0.15) is 32.1 Å². The van der Waals surface area contributed by atoms with E-state index in [4.69, 9.17) is 0 Å². The summed E-state index contributed by atoms with van der Waals surface area (Å²) in [7, 11) is 0. The van der Waals surface area contributed by atoms with Crippen molar-refractivity contribution in [2.75, 3.05) is 32.7 Å². The number of carbonyl (C=O) groups excluding carboxylic acids is 1. The summed E-state index contributed by atoms with van der Waals surface area (Å²) < 4.78 is 0. The molecule has 0 atom stereocenters. The highest BCUT2D eigenvalue weighted by molar-refractivity contribution is 7.09. The van der Waals surface area contributed by atoms with E-state index in [2.05, 4.69) is 27.7 Å². The average molecular weight is 309 g/mol. The predicted octanol–water partition coefficient (Wildman–Crippen LogP) is 2.17. The van der Waals surface area contributed by atoms with Crippen molar-refractivity contribution in [3.63, 3.8) is 0 Å². The van der Waals surface area contributed by atoms with Crippen LogP contribution in [0.25, 0.3) is 0 Å². The molecule has 1 aromatic rings. The van der Waals surface area contributed by atoms with Crippen LogP contribution in [0.15, 0.2) is 17.5 Å². The number of nitrogens with zero attached hydrogens (tertiary/aromatic N) is 2. The number of hydrogen-bond donors (Lipinski definition) is 1. The van der Waals surface area contributed by atoms with E-state index in [1.165, 1.54) is 4.88 Å². The first kappa shape index (κ1) is 16.5. The molecule has 0 aromatic carbocycles. The molecule has 2 heterocycles. The summed E-state index contributed by atoms with van der Waals surface area (Å²) in [6.45, 7) is 11.6. The van der Waals surface area contributed by atoms with Gasteiger partial charge in [0, 0.05) is 37.6 Å². The lowest BCUT2D eigenvalue weighted by Crippen LogP contribution is -2.54. The SMILES string of the molecule is CCNC(C)(C)C(=O)N1CCCN(Cc2cccs2)CC1. The fraction of sp³-hybridized carbons (Fsp3) is 0.688. The van der Waals surface area contributed by atoms with Gasteiger partial charge in [-0.25, -0.2) is 0 Å². The van der Waals surface area contributed by atoms with Crippen molar-refractivity contribution in [2.45, 2.75) is 39.3 Å². The molecule has 5 heteroatoms. The van der Waals surface area contributed by atoms with E-state index >= 15 is 0 Å². The number of hydrogen-bond acceptors (Lipinski definition) is 4. The van der Waals surface area contributed by atoms with Crippen LogP contribution >= 0.6 is 11.3 Å². The first-order valence-electron chi connectivity index (χ1n) is 7.82. The number of amides is 1. The maximum Gasteiger partial charge on any atom is 0.242 e. The molecule has 4 nitrogen and oxygen atoms in total. The molecule has 2 rings (SSSR count). The molecule has 1 amide bonds. The molecule has 0 saturated carbocycles. The lowest BCUT2D eigenvalue weighted by Gasteiger charge is -2.31. The lowest BCUT2D eigenvalue weighted by atomic mass is 10.0. The Hall–Kier alpha value is -0.910. The van der Waals surface area contributed by atoms with Crippen LogP contribution in [0.3, 0.4) is 0 Å². The number of thiophene rings is 1. The van der Waals surface area contributed by atoms with Crippen molar-refractivity contribution < 1.29 is 4.79 Å². The highest BCUT2D eigenvalue weighted by atomic mass is 32.1. The van der Waals surface area contributed by atoms with Gasteiger partial charge < -0.3 is 10.2 Å². The minimum atomic E-state index is -0.461. The summed E-state index contributed by atoms with van der Waals surface area (Å²) in [5, 5.41) is 5.41. The van der Waals surface area contributed by atoms with Gasteiger partial charge in [0.05, 0.1) is 5.54 Å². The number of nitrogens with one attached hydrogen (secondary N) is 1. The van der Waals surface area contributed by atoms with Gasteiger partial charge in [-0.1, -0.05) is 13.0 Å². The molecular formula is C16H27N3OS. The molecule has 0 unspecified atom stereocenters. The van der Waals surface area contributed by atoms with E-state index in [1.54, 1.807) is 0 Å². The molecule has 1 saturated heterocycles. The Bertz CT molecular complexity index is 444. The Morgan fingerprint density at radius 1 is 1.33 bits per heavy atom. The van der Waals surface area contributed by atoms with E-state index in [1.807, 2.05) is 37.0 Å². The van der Waals surface area contributed by atoms with Crippen LogP contribution in [0.5, 0.6) is 0 Å². The van der Waals surface area contributed by atoms with Crippen LogP contribution in [0.2, 0.25) is 0 Å². The first-order chi connectivity index (χ1) is 10.0. The van der Waals surface area contributed by atoms with Gasteiger partial charge in [0.2, 0.25) is 5.91 Å². The summed E-state index contributed by atoms with van der Waals surface area (Å²) >= 11 is 1.81. The Morgan fingerprint density at radius 2 is 2.14 bits per heavy atom. The molecule has 0 bridgehead atoms. The monoisotopic (exact) mass is 309 g/mol. The van der Waals surface area contributed by atoms with Gasteiger partial charge in [-0.05, 0) is 38.3 Å². The topological polar surface area (TPSA) is 35.6 Å². The summed E-state index contributed by atoms with van der Waals surface area (Å²) in [5.41, 5.74) is -0.461. The molecule has 1 fully saturated rings. The summed E-state index contributed by atoms with van der Waals surface area (Å²) in [6, 6.07) is 4.29. The zero-order chi connectivity index (χ0) is 15.3. The van der Waals surface area contributed by atoms with Crippen LogP contribution in [0.4, 0.5) is 0 Å². The van der Waals surface area contributed by atoms with E-state index < -0.39 is 5.54 Å². The predicted molar refractivity (Wildman–Crippen MR) is 88.5 cm³/mol. The Balaban J connectivity index is 1.89. The lowest BCUT2D eigenvalue weighted by molar-refractivity contribution is -0.137. The molecule has 0 aliphatic carbocycles. The molecular weight excluding hydrogens is 282 g/mol. The molecule has 1 aliphatic heterocycles. The van der Waals surface area contributed by atoms with Crippen molar-refractivity contribution >= 4 is 17.2 Å². The number of rotatable bonds is 5. The smallest absolute Gasteiger partial charge is 0.242 e. The van der Waals surface area contributed by atoms with Crippen molar-refractivity contribution in [2.24, 2.45) is 0 Å². The second kappa shape index (κ2) is 7.38. The Morgan fingerprint density at radius 3 is 2.81 bits per heavy atom. The van der Waals surface area contributed by atoms with Gasteiger partial charge in [-0.2, -0.15) is 0 Å². The maximum absolute atomic E-state index is 12.6. The molecule has 1 aliphatic rings. The van der Waals surface area contributed by atoms with E-state index in [9.17, 15) is 4.79 Å². The number of carbonyl (C=O) groups is 1. The van der Waals surface area contributed by atoms with Crippen molar-refractivity contribution in [3.05, 3.63) is 22.4 Å². The fourth-order valence-electron chi connectivity index (χ4n) is 2.87. The van der Waals surface area contributed by atoms with E-state index in [0.29, 0.717) is 0 Å². The normalized spacial score (nSPS) is 17.8. The third-order valence-electron chi connectivity index (χ3n) is 3.99. The van der Waals surface area contributed by atoms with Crippen LogP contribution in [-0.4, -0.2) is 54.0 Å². The van der Waals surface area contributed by atoms with Crippen molar-refractivity contribution in [1.29, 1.82) is 0 Å². The van der Waals surface area contributed by atoms with Crippen LogP contribution in [-0.2, 0) is 11.3 Å². The van der Waals surface area contributed by atoms with Gasteiger partial charge in [-0.15, -0.1) is 11.3 Å². The minimum Gasteiger partial charge on any atom is -0.340 e. The standard InChI is InChI=1S/C16H27N3OS/c1-4-17-16(2,3)15(20)19-9-6-8-18(10-11-19)13-14-7-5-12-21-14/h5,7,12,17H,4,6,8-11,13H2,1-3H3.